The average Bonchev–Trinajstić information content (AvgIpc) is 2.83. The van der Waals surface area contributed by atoms with Gasteiger partial charge in [-0.05, 0) is 0 Å². The summed E-state index contributed by atoms with van der Waals surface area (Å²) in [5.74, 6) is 0. The van der Waals surface area contributed by atoms with E-state index in [1.807, 2.05) is 0 Å². The normalized spacial score (nSPS) is 14.5. The molecule has 2 aliphatic rings. The fraction of sp³-hybridized carbons (Fsp3) is 0. The van der Waals surface area contributed by atoms with Crippen LogP contribution in [0.2, 0.25) is 0 Å². The van der Waals surface area contributed by atoms with Crippen LogP contribution >= 0.6 is 0 Å². The summed E-state index contributed by atoms with van der Waals surface area (Å²) in [4.78, 5) is 0. The maximum Gasteiger partial charge on any atom is 0.236 e. The molecule has 2 heterocycles. The van der Waals surface area contributed by atoms with E-state index in [2.05, 4.69) is 31.1 Å². The fourth-order valence-corrected chi connectivity index (χ4v) is 0.298. The zero-order chi connectivity index (χ0) is 10.6. The van der Waals surface area contributed by atoms with Crippen LogP contribution in [0.15, 0.2) is 31.1 Å². The van der Waals surface area contributed by atoms with E-state index in [1.54, 1.807) is 0 Å². The Labute approximate surface area is 77.5 Å². The first kappa shape index (κ1) is 12.4. The Kier molecular flexibility index (Phi) is 8.36. The van der Waals surface area contributed by atoms with Crippen molar-refractivity contribution in [3.8, 4) is 0 Å². The van der Waals surface area contributed by atoms with Crippen LogP contribution < -0.4 is 20.9 Å². The Bertz CT molecular complexity index is 195. The predicted molar refractivity (Wildman–Crippen MR) is 37.4 cm³/mol. The second-order valence-electron chi connectivity index (χ2n) is 1.51. The molecule has 12 heteroatoms. The molecule has 0 aliphatic carbocycles. The van der Waals surface area contributed by atoms with Crippen molar-refractivity contribution >= 4 is 20.1 Å². The number of quaternary nitrogens is 2. The van der Waals surface area contributed by atoms with E-state index in [0.29, 0.717) is 0 Å². The van der Waals surface area contributed by atoms with Crippen molar-refractivity contribution in [3.05, 3.63) is 0 Å². The van der Waals surface area contributed by atoms with E-state index in [4.69, 9.17) is 10.0 Å². The molecule has 0 radical (unpaired) electrons. The van der Waals surface area contributed by atoms with Gasteiger partial charge in [0.25, 0.3) is 0 Å². The molecule has 2 aliphatic heterocycles. The Hall–Kier alpha value is -1.63. The first-order valence-corrected chi connectivity index (χ1v) is 3.19. The van der Waals surface area contributed by atoms with Crippen molar-refractivity contribution < 1.29 is 25.2 Å². The third kappa shape index (κ3) is 13.0. The SMILES string of the molecule is C1=NN=N[NH2+]1.C1=NN=N[NH2+]1.[O-]B([O-])F. The second kappa shape index (κ2) is 9.46. The first-order valence-electron chi connectivity index (χ1n) is 3.19. The van der Waals surface area contributed by atoms with Crippen LogP contribution in [0.3, 0.4) is 0 Å². The molecule has 76 valence electrons. The van der Waals surface area contributed by atoms with E-state index in [-0.39, 0.29) is 0 Å². The monoisotopic (exact) mass is 204 g/mol. The lowest BCUT2D eigenvalue weighted by molar-refractivity contribution is -0.538. The molecule has 0 atom stereocenters. The van der Waals surface area contributed by atoms with Crippen LogP contribution in [0.25, 0.3) is 0 Å². The molecule has 0 fully saturated rings. The van der Waals surface area contributed by atoms with Gasteiger partial charge in [0.15, 0.2) is 0 Å². The van der Waals surface area contributed by atoms with Crippen molar-refractivity contribution in [1.29, 1.82) is 0 Å². The van der Waals surface area contributed by atoms with Gasteiger partial charge in [-0.1, -0.05) is 10.2 Å². The molecular weight excluding hydrogens is 198 g/mol. The van der Waals surface area contributed by atoms with E-state index in [0.717, 1.165) is 0 Å². The standard InChI is InChI=1S/2CH2N4.BFO2/c2*1-2-4-5-3-1;2-1(3)4/h2*1H,(H,2,3,4,5);/q;;-2/p+2. The number of hydrogen-bond acceptors (Lipinski definition) is 8. The van der Waals surface area contributed by atoms with Crippen molar-refractivity contribution in [2.75, 3.05) is 0 Å². The maximum absolute atomic E-state index is 9.89. The van der Waals surface area contributed by atoms with E-state index < -0.39 is 7.40 Å². The number of hydrogen-bond donors (Lipinski definition) is 2. The van der Waals surface area contributed by atoms with E-state index >= 15 is 0 Å². The highest BCUT2D eigenvalue weighted by Crippen LogP contribution is 1.65. The number of nitrogens with two attached hydrogens (primary N) is 2. The van der Waals surface area contributed by atoms with Gasteiger partial charge in [-0.3, -0.25) is 0 Å². The topological polar surface area (TPSA) is 154 Å². The van der Waals surface area contributed by atoms with Gasteiger partial charge in [-0.2, -0.15) is 10.9 Å². The van der Waals surface area contributed by atoms with Crippen molar-refractivity contribution in [2.24, 2.45) is 31.1 Å². The minimum atomic E-state index is -3.17. The lowest BCUT2D eigenvalue weighted by Gasteiger charge is -2.09. The summed E-state index contributed by atoms with van der Waals surface area (Å²) in [6.07, 6.45) is 3.06. The molecule has 0 unspecified atom stereocenters. The van der Waals surface area contributed by atoms with Crippen molar-refractivity contribution in [1.82, 2.24) is 0 Å². The summed E-state index contributed by atoms with van der Waals surface area (Å²) in [7, 11) is -3.17. The minimum Gasteiger partial charge on any atom is -0.867 e. The summed E-state index contributed by atoms with van der Waals surface area (Å²) in [5, 5.41) is 36.5. The minimum absolute atomic E-state index is 1.53. The van der Waals surface area contributed by atoms with Crippen molar-refractivity contribution in [2.45, 2.75) is 0 Å². The molecule has 4 N–H and O–H groups in total. The number of rotatable bonds is 0. The van der Waals surface area contributed by atoms with Crippen LogP contribution in [0.5, 0.6) is 0 Å². The van der Waals surface area contributed by atoms with Gasteiger partial charge < -0.3 is 14.4 Å². The Morgan fingerprint density at radius 2 is 1.36 bits per heavy atom. The van der Waals surface area contributed by atoms with Crippen LogP contribution in [-0.2, 0) is 0 Å². The fourth-order valence-electron chi connectivity index (χ4n) is 0.298. The third-order valence-electron chi connectivity index (χ3n) is 0.607. The molecule has 0 aromatic heterocycles. The summed E-state index contributed by atoms with van der Waals surface area (Å²) in [6, 6.07) is 0. The highest BCUT2D eigenvalue weighted by atomic mass is 19.1. The Morgan fingerprint density at radius 3 is 1.43 bits per heavy atom. The zero-order valence-corrected chi connectivity index (χ0v) is 6.76. The van der Waals surface area contributed by atoms with Crippen LogP contribution in [-0.4, -0.2) is 20.1 Å². The van der Waals surface area contributed by atoms with Gasteiger partial charge in [-0.25, -0.2) is 0 Å². The highest BCUT2D eigenvalue weighted by molar-refractivity contribution is 6.27. The lowest BCUT2D eigenvalue weighted by Crippen LogP contribution is -2.74. The van der Waals surface area contributed by atoms with Gasteiger partial charge in [0, 0.05) is 10.4 Å². The molecule has 0 amide bonds. The largest absolute Gasteiger partial charge is 0.867 e. The third-order valence-corrected chi connectivity index (χ3v) is 0.607. The van der Waals surface area contributed by atoms with Crippen LogP contribution in [0.1, 0.15) is 0 Å². The smallest absolute Gasteiger partial charge is 0.236 e. The van der Waals surface area contributed by atoms with Crippen LogP contribution in [0.4, 0.5) is 4.32 Å². The molecule has 0 aromatic rings. The van der Waals surface area contributed by atoms with Gasteiger partial charge in [-0.15, -0.1) is 0 Å². The van der Waals surface area contributed by atoms with Crippen molar-refractivity contribution in [3.63, 3.8) is 0 Å². The Morgan fingerprint density at radius 1 is 1.00 bits per heavy atom. The first-order chi connectivity index (χ1) is 6.73. The molecule has 10 nitrogen and oxygen atoms in total. The molecular formula is C2H6BFN8O2. The molecule has 0 spiro atoms. The lowest BCUT2D eigenvalue weighted by atomic mass is 10.3. The molecule has 14 heavy (non-hydrogen) atoms. The summed E-state index contributed by atoms with van der Waals surface area (Å²) in [6.45, 7) is 0. The van der Waals surface area contributed by atoms with Gasteiger partial charge in [0.05, 0.1) is 10.4 Å². The van der Waals surface area contributed by atoms with Gasteiger partial charge in [0.1, 0.15) is 7.40 Å². The van der Waals surface area contributed by atoms with Gasteiger partial charge in [0.2, 0.25) is 12.7 Å². The summed E-state index contributed by atoms with van der Waals surface area (Å²) >= 11 is 0. The zero-order valence-electron chi connectivity index (χ0n) is 6.76. The second-order valence-corrected chi connectivity index (χ2v) is 1.51. The van der Waals surface area contributed by atoms with Crippen LogP contribution in [0, 0.1) is 0 Å². The molecule has 0 saturated carbocycles. The molecule has 0 aromatic carbocycles. The quantitative estimate of drug-likeness (QED) is 0.301. The summed E-state index contributed by atoms with van der Waals surface area (Å²) < 4.78 is 9.89. The van der Waals surface area contributed by atoms with Gasteiger partial charge >= 0.3 is 0 Å². The predicted octanol–water partition coefficient (Wildman–Crippen LogP) is -4.59. The highest BCUT2D eigenvalue weighted by Gasteiger charge is 1.80. The number of halogens is 1. The van der Waals surface area contributed by atoms with E-state index in [1.165, 1.54) is 23.5 Å². The average molecular weight is 204 g/mol. The maximum atomic E-state index is 9.89. The summed E-state index contributed by atoms with van der Waals surface area (Å²) in [5.41, 5.74) is 3.06. The number of nitrogens with zero attached hydrogens (tertiary/aromatic N) is 6. The molecule has 0 bridgehead atoms. The molecule has 2 rings (SSSR count). The van der Waals surface area contributed by atoms with E-state index in [9.17, 15) is 4.32 Å². The molecule has 0 saturated heterocycles. The Balaban J connectivity index is 0.000000183.